The predicted octanol–water partition coefficient (Wildman–Crippen LogP) is 2.95. The van der Waals surface area contributed by atoms with Gasteiger partial charge in [-0.3, -0.25) is 4.90 Å². The smallest absolute Gasteiger partial charge is 0.191 e. The van der Waals surface area contributed by atoms with Crippen LogP contribution in [0.5, 0.6) is 5.75 Å². The van der Waals surface area contributed by atoms with Crippen molar-refractivity contribution < 1.29 is 9.47 Å². The highest BCUT2D eigenvalue weighted by atomic mass is 16.5. The molecule has 2 N–H and O–H groups in total. The summed E-state index contributed by atoms with van der Waals surface area (Å²) in [6, 6.07) is 6.42. The monoisotopic (exact) mass is 402 g/mol. The summed E-state index contributed by atoms with van der Waals surface area (Å²) in [5.74, 6) is 2.62. The zero-order valence-corrected chi connectivity index (χ0v) is 18.2. The van der Waals surface area contributed by atoms with Gasteiger partial charge < -0.3 is 20.1 Å². The van der Waals surface area contributed by atoms with Gasteiger partial charge in [0.05, 0.1) is 26.4 Å². The second kappa shape index (κ2) is 12.0. The van der Waals surface area contributed by atoms with E-state index < -0.39 is 0 Å². The quantitative estimate of drug-likeness (QED) is 0.339. The number of nitrogens with one attached hydrogen (secondary N) is 2. The van der Waals surface area contributed by atoms with Crippen molar-refractivity contribution in [1.82, 2.24) is 15.5 Å². The van der Waals surface area contributed by atoms with E-state index in [4.69, 9.17) is 14.5 Å². The fraction of sp³-hybridized carbons (Fsp3) is 0.696. The minimum absolute atomic E-state index is 0.628. The first-order valence-corrected chi connectivity index (χ1v) is 11.3. The number of aryl methyl sites for hydroxylation is 1. The first kappa shape index (κ1) is 21.9. The molecule has 6 nitrogen and oxygen atoms in total. The van der Waals surface area contributed by atoms with Gasteiger partial charge in [-0.05, 0) is 63.6 Å². The van der Waals surface area contributed by atoms with Gasteiger partial charge in [-0.15, -0.1) is 0 Å². The molecule has 29 heavy (non-hydrogen) atoms. The molecule has 0 radical (unpaired) electrons. The second-order valence-corrected chi connectivity index (χ2v) is 8.15. The maximum atomic E-state index is 6.08. The molecule has 0 bridgehead atoms. The zero-order valence-electron chi connectivity index (χ0n) is 18.2. The maximum absolute atomic E-state index is 6.08. The third-order valence-corrected chi connectivity index (χ3v) is 5.44. The van der Waals surface area contributed by atoms with Crippen LogP contribution in [0.25, 0.3) is 0 Å². The Hall–Kier alpha value is -1.79. The van der Waals surface area contributed by atoms with Crippen molar-refractivity contribution >= 4 is 5.96 Å². The molecule has 1 aromatic rings. The summed E-state index contributed by atoms with van der Waals surface area (Å²) >= 11 is 0. The summed E-state index contributed by atoms with van der Waals surface area (Å²) in [6.07, 6.45) is 4.95. The van der Waals surface area contributed by atoms with E-state index in [0.29, 0.717) is 6.54 Å². The molecule has 1 heterocycles. The van der Waals surface area contributed by atoms with E-state index in [9.17, 15) is 0 Å². The molecule has 2 fully saturated rings. The van der Waals surface area contributed by atoms with E-state index >= 15 is 0 Å². The average Bonchev–Trinajstić information content (AvgIpc) is 3.56. The number of unbranched alkanes of at least 4 members (excludes halogenated alkanes) is 1. The summed E-state index contributed by atoms with van der Waals surface area (Å²) < 4.78 is 11.5. The minimum atomic E-state index is 0.628. The summed E-state index contributed by atoms with van der Waals surface area (Å²) in [7, 11) is 0. The summed E-state index contributed by atoms with van der Waals surface area (Å²) in [6.45, 7) is 12.5. The van der Waals surface area contributed by atoms with Crippen LogP contribution in [0.4, 0.5) is 0 Å². The average molecular weight is 403 g/mol. The minimum Gasteiger partial charge on any atom is -0.493 e. The van der Waals surface area contributed by atoms with E-state index in [1.165, 1.54) is 24.8 Å². The van der Waals surface area contributed by atoms with Gasteiger partial charge in [0, 0.05) is 31.7 Å². The van der Waals surface area contributed by atoms with Crippen molar-refractivity contribution in [1.29, 1.82) is 0 Å². The van der Waals surface area contributed by atoms with Crippen LogP contribution < -0.4 is 15.4 Å². The number of morpholine rings is 1. The van der Waals surface area contributed by atoms with Crippen LogP contribution >= 0.6 is 0 Å². The Kier molecular flexibility index (Phi) is 9.09. The molecule has 1 saturated carbocycles. The predicted molar refractivity (Wildman–Crippen MR) is 119 cm³/mol. The highest BCUT2D eigenvalue weighted by Gasteiger charge is 2.22. The van der Waals surface area contributed by atoms with E-state index in [1.807, 2.05) is 0 Å². The number of aliphatic imine (C=N–C) groups is 1. The Labute approximate surface area is 176 Å². The Morgan fingerprint density at radius 3 is 2.79 bits per heavy atom. The lowest BCUT2D eigenvalue weighted by molar-refractivity contribution is 0.0372. The van der Waals surface area contributed by atoms with Crippen LogP contribution in [0.3, 0.4) is 0 Å². The van der Waals surface area contributed by atoms with Crippen molar-refractivity contribution in [3.8, 4) is 5.75 Å². The lowest BCUT2D eigenvalue weighted by Gasteiger charge is -2.26. The Morgan fingerprint density at radius 1 is 1.21 bits per heavy atom. The van der Waals surface area contributed by atoms with Crippen molar-refractivity contribution in [3.05, 3.63) is 29.3 Å². The van der Waals surface area contributed by atoms with Gasteiger partial charge in [-0.1, -0.05) is 12.1 Å². The highest BCUT2D eigenvalue weighted by Crippen LogP contribution is 2.30. The van der Waals surface area contributed by atoms with Crippen LogP contribution in [0, 0.1) is 12.8 Å². The molecule has 0 unspecified atom stereocenters. The Bertz CT molecular complexity index is 640. The summed E-state index contributed by atoms with van der Waals surface area (Å²) in [5.41, 5.74) is 2.38. The summed E-state index contributed by atoms with van der Waals surface area (Å²) in [4.78, 5) is 7.28. The standard InChI is InChI=1S/C23H38N4O2/c1-3-24-23(25-10-4-5-11-27-12-14-28-15-13-27)26-17-21-9-6-19(2)16-22(21)29-18-20-7-8-20/h6,9,16,20H,3-5,7-8,10-15,17-18H2,1-2H3,(H2,24,25,26). The lowest BCUT2D eigenvalue weighted by Crippen LogP contribution is -2.39. The van der Waals surface area contributed by atoms with Crippen molar-refractivity contribution in [3.63, 3.8) is 0 Å². The molecular weight excluding hydrogens is 364 g/mol. The summed E-state index contributed by atoms with van der Waals surface area (Å²) in [5, 5.41) is 6.83. The number of hydrogen-bond acceptors (Lipinski definition) is 4. The van der Waals surface area contributed by atoms with Gasteiger partial charge in [0.15, 0.2) is 5.96 Å². The third-order valence-electron chi connectivity index (χ3n) is 5.44. The highest BCUT2D eigenvalue weighted by molar-refractivity contribution is 5.79. The van der Waals surface area contributed by atoms with Gasteiger partial charge in [0.1, 0.15) is 5.75 Å². The molecule has 0 amide bonds. The Balaban J connectivity index is 1.44. The molecule has 1 aliphatic heterocycles. The largest absolute Gasteiger partial charge is 0.493 e. The maximum Gasteiger partial charge on any atom is 0.191 e. The number of guanidine groups is 1. The molecule has 6 heteroatoms. The number of rotatable bonds is 11. The molecule has 1 saturated heterocycles. The van der Waals surface area contributed by atoms with Crippen LogP contribution in [0.2, 0.25) is 0 Å². The number of hydrogen-bond donors (Lipinski definition) is 2. The number of nitrogens with zero attached hydrogens (tertiary/aromatic N) is 2. The van der Waals surface area contributed by atoms with E-state index in [2.05, 4.69) is 47.6 Å². The van der Waals surface area contributed by atoms with Gasteiger partial charge in [-0.25, -0.2) is 4.99 Å². The van der Waals surface area contributed by atoms with E-state index in [0.717, 1.165) is 82.2 Å². The molecule has 0 atom stereocenters. The number of benzene rings is 1. The molecule has 0 aromatic heterocycles. The van der Waals surface area contributed by atoms with Crippen LogP contribution in [0.15, 0.2) is 23.2 Å². The number of ether oxygens (including phenoxy) is 2. The second-order valence-electron chi connectivity index (χ2n) is 8.15. The fourth-order valence-corrected chi connectivity index (χ4v) is 3.42. The van der Waals surface area contributed by atoms with Gasteiger partial charge >= 0.3 is 0 Å². The normalized spacial score (nSPS) is 17.9. The van der Waals surface area contributed by atoms with E-state index in [1.54, 1.807) is 0 Å². The van der Waals surface area contributed by atoms with Crippen molar-refractivity contribution in [2.24, 2.45) is 10.9 Å². The zero-order chi connectivity index (χ0) is 20.3. The lowest BCUT2D eigenvalue weighted by atomic mass is 10.1. The molecule has 2 aliphatic rings. The van der Waals surface area contributed by atoms with Gasteiger partial charge in [0.2, 0.25) is 0 Å². The first-order valence-electron chi connectivity index (χ1n) is 11.3. The molecule has 1 aliphatic carbocycles. The first-order chi connectivity index (χ1) is 14.2. The molecule has 162 valence electrons. The SMILES string of the molecule is CCNC(=NCc1ccc(C)cc1OCC1CC1)NCCCCN1CCOCC1. The molecular formula is C23H38N4O2. The molecule has 0 spiro atoms. The van der Waals surface area contributed by atoms with Crippen LogP contribution in [0.1, 0.15) is 43.7 Å². The van der Waals surface area contributed by atoms with Crippen molar-refractivity contribution in [2.75, 3.05) is 52.5 Å². The van der Waals surface area contributed by atoms with Gasteiger partial charge in [-0.2, -0.15) is 0 Å². The van der Waals surface area contributed by atoms with Crippen molar-refractivity contribution in [2.45, 2.75) is 46.1 Å². The Morgan fingerprint density at radius 2 is 2.03 bits per heavy atom. The fourth-order valence-electron chi connectivity index (χ4n) is 3.42. The molecule has 1 aromatic carbocycles. The van der Waals surface area contributed by atoms with Crippen LogP contribution in [-0.2, 0) is 11.3 Å². The van der Waals surface area contributed by atoms with Gasteiger partial charge in [0.25, 0.3) is 0 Å². The molecule has 3 rings (SSSR count). The topological polar surface area (TPSA) is 58.1 Å². The van der Waals surface area contributed by atoms with E-state index in [-0.39, 0.29) is 0 Å². The van der Waals surface area contributed by atoms with Crippen LogP contribution in [-0.4, -0.2) is 63.4 Å². The third kappa shape index (κ3) is 8.23.